The molecule has 3 aromatic rings. The molecule has 1 aromatic heterocycles. The lowest BCUT2D eigenvalue weighted by atomic mass is 10.0. The van der Waals surface area contributed by atoms with E-state index in [1.807, 2.05) is 50.2 Å². The first-order valence-corrected chi connectivity index (χ1v) is 10.2. The van der Waals surface area contributed by atoms with Crippen molar-refractivity contribution in [3.8, 4) is 5.75 Å². The topological polar surface area (TPSA) is 77.2 Å². The van der Waals surface area contributed by atoms with Crippen molar-refractivity contribution in [2.24, 2.45) is 5.92 Å². The highest BCUT2D eigenvalue weighted by molar-refractivity contribution is 9.10. The zero-order chi connectivity index (χ0) is 19.7. The maximum absolute atomic E-state index is 12.5. The van der Waals surface area contributed by atoms with Crippen molar-refractivity contribution in [3.05, 3.63) is 52.6 Å². The van der Waals surface area contributed by atoms with Crippen LogP contribution in [0.4, 0.5) is 0 Å². The Morgan fingerprint density at radius 2 is 2.07 bits per heavy atom. The summed E-state index contributed by atoms with van der Waals surface area (Å²) in [6.45, 7) is 3.92. The number of halogens is 1. The van der Waals surface area contributed by atoms with Gasteiger partial charge in [-0.2, -0.15) is 4.98 Å². The molecule has 7 heteroatoms. The van der Waals surface area contributed by atoms with Gasteiger partial charge in [0.2, 0.25) is 5.89 Å². The minimum absolute atomic E-state index is 0.0935. The predicted octanol–water partition coefficient (Wildman–Crippen LogP) is 4.76. The van der Waals surface area contributed by atoms with Gasteiger partial charge in [0.15, 0.2) is 12.4 Å². The molecule has 0 saturated heterocycles. The highest BCUT2D eigenvalue weighted by atomic mass is 79.9. The summed E-state index contributed by atoms with van der Waals surface area (Å²) in [7, 11) is 0. The minimum atomic E-state index is -0.337. The molecule has 1 amide bonds. The average Bonchev–Trinajstić information content (AvgIpc) is 3.43. The summed E-state index contributed by atoms with van der Waals surface area (Å²) in [5.74, 6) is 2.12. The van der Waals surface area contributed by atoms with E-state index in [4.69, 9.17) is 9.26 Å². The largest absolute Gasteiger partial charge is 0.483 e. The van der Waals surface area contributed by atoms with E-state index in [0.29, 0.717) is 17.6 Å². The number of amides is 1. The van der Waals surface area contributed by atoms with Crippen LogP contribution in [0.3, 0.4) is 0 Å². The van der Waals surface area contributed by atoms with Crippen LogP contribution in [0.2, 0.25) is 0 Å². The van der Waals surface area contributed by atoms with Crippen LogP contribution in [0.1, 0.15) is 50.4 Å². The number of nitrogens with zero attached hydrogens (tertiary/aromatic N) is 2. The van der Waals surface area contributed by atoms with Gasteiger partial charge in [-0.25, -0.2) is 0 Å². The minimum Gasteiger partial charge on any atom is -0.483 e. The Bertz CT molecular complexity index is 997. The smallest absolute Gasteiger partial charge is 0.258 e. The highest BCUT2D eigenvalue weighted by Gasteiger charge is 2.31. The summed E-state index contributed by atoms with van der Waals surface area (Å²) < 4.78 is 12.0. The molecule has 1 heterocycles. The summed E-state index contributed by atoms with van der Waals surface area (Å²) in [6, 6.07) is 11.5. The molecule has 1 aliphatic carbocycles. The third kappa shape index (κ3) is 4.04. The number of carbonyl (C=O) groups is 1. The van der Waals surface area contributed by atoms with Gasteiger partial charge < -0.3 is 14.6 Å². The molecule has 0 aliphatic heterocycles. The molecule has 6 nitrogen and oxygen atoms in total. The molecule has 1 saturated carbocycles. The van der Waals surface area contributed by atoms with Gasteiger partial charge in [-0.15, -0.1) is 0 Å². The zero-order valence-corrected chi connectivity index (χ0v) is 17.4. The van der Waals surface area contributed by atoms with Crippen molar-refractivity contribution >= 4 is 32.6 Å². The molecular formula is C21H22BrN3O3. The van der Waals surface area contributed by atoms with E-state index in [1.54, 1.807) is 0 Å². The number of hydrogen-bond acceptors (Lipinski definition) is 5. The van der Waals surface area contributed by atoms with Crippen molar-refractivity contribution in [1.82, 2.24) is 15.5 Å². The molecule has 4 rings (SSSR count). The molecule has 1 aliphatic rings. The first kappa shape index (κ1) is 18.9. The van der Waals surface area contributed by atoms with Crippen molar-refractivity contribution in [3.63, 3.8) is 0 Å². The van der Waals surface area contributed by atoms with Crippen LogP contribution >= 0.6 is 15.9 Å². The van der Waals surface area contributed by atoms with Crippen LogP contribution in [0.25, 0.3) is 10.8 Å². The summed E-state index contributed by atoms with van der Waals surface area (Å²) in [4.78, 5) is 17.0. The molecule has 0 radical (unpaired) electrons. The number of hydrogen-bond donors (Lipinski definition) is 1. The highest BCUT2D eigenvalue weighted by Crippen LogP contribution is 2.38. The number of aromatic nitrogens is 2. The van der Waals surface area contributed by atoms with Gasteiger partial charge >= 0.3 is 0 Å². The second-order valence-electron chi connectivity index (χ2n) is 7.44. The fourth-order valence-corrected chi connectivity index (χ4v) is 3.69. The number of ether oxygens (including phenoxy) is 1. The zero-order valence-electron chi connectivity index (χ0n) is 15.8. The van der Waals surface area contributed by atoms with Gasteiger partial charge in [0, 0.05) is 5.92 Å². The summed E-state index contributed by atoms with van der Waals surface area (Å²) in [6.07, 6.45) is 2.21. The number of carbonyl (C=O) groups excluding carboxylic acids is 1. The molecule has 1 unspecified atom stereocenters. The van der Waals surface area contributed by atoms with Crippen molar-refractivity contribution < 1.29 is 14.1 Å². The Morgan fingerprint density at radius 3 is 2.82 bits per heavy atom. The van der Waals surface area contributed by atoms with Gasteiger partial charge in [-0.3, -0.25) is 4.79 Å². The Kier molecular flexibility index (Phi) is 5.35. The first-order valence-electron chi connectivity index (χ1n) is 9.46. The number of benzene rings is 2. The van der Waals surface area contributed by atoms with Gasteiger partial charge in [0.25, 0.3) is 5.91 Å². The SMILES string of the molecule is CC(C)C(NC(=O)COc1ccc2ccccc2c1Br)c1nc(C2CC2)no1. The van der Waals surface area contributed by atoms with E-state index in [2.05, 4.69) is 31.4 Å². The van der Waals surface area contributed by atoms with Gasteiger partial charge in [-0.05, 0) is 51.5 Å². The molecule has 146 valence electrons. The lowest BCUT2D eigenvalue weighted by Crippen LogP contribution is -2.35. The summed E-state index contributed by atoms with van der Waals surface area (Å²) in [5, 5.41) is 9.15. The summed E-state index contributed by atoms with van der Waals surface area (Å²) >= 11 is 3.57. The van der Waals surface area contributed by atoms with Crippen molar-refractivity contribution in [1.29, 1.82) is 0 Å². The molecule has 0 bridgehead atoms. The standard InChI is InChI=1S/C21H22BrN3O3/c1-12(2)19(21-24-20(25-28-21)14-7-8-14)23-17(26)11-27-16-10-9-13-5-3-4-6-15(13)18(16)22/h3-6,9-10,12,14,19H,7-8,11H2,1-2H3,(H,23,26). The van der Waals surface area contributed by atoms with Crippen LogP contribution < -0.4 is 10.1 Å². The molecule has 1 atom stereocenters. The second kappa shape index (κ2) is 7.91. The lowest BCUT2D eigenvalue weighted by Gasteiger charge is -2.19. The van der Waals surface area contributed by atoms with Crippen LogP contribution in [0.15, 0.2) is 45.4 Å². The summed E-state index contributed by atoms with van der Waals surface area (Å²) in [5.41, 5.74) is 0. The Hall–Kier alpha value is -2.41. The van der Waals surface area contributed by atoms with E-state index < -0.39 is 0 Å². The molecule has 1 N–H and O–H groups in total. The Balaban J connectivity index is 1.41. The predicted molar refractivity (Wildman–Crippen MR) is 109 cm³/mol. The second-order valence-corrected chi connectivity index (χ2v) is 8.23. The maximum Gasteiger partial charge on any atom is 0.258 e. The molecule has 2 aromatic carbocycles. The van der Waals surface area contributed by atoms with E-state index in [0.717, 1.165) is 33.9 Å². The van der Waals surface area contributed by atoms with Crippen LogP contribution in [0, 0.1) is 5.92 Å². The fourth-order valence-electron chi connectivity index (χ4n) is 3.08. The van der Waals surface area contributed by atoms with E-state index >= 15 is 0 Å². The Morgan fingerprint density at radius 1 is 1.29 bits per heavy atom. The van der Waals surface area contributed by atoms with E-state index in [1.165, 1.54) is 0 Å². The van der Waals surface area contributed by atoms with E-state index in [-0.39, 0.29) is 24.5 Å². The maximum atomic E-state index is 12.5. The quantitative estimate of drug-likeness (QED) is 0.569. The molecule has 1 fully saturated rings. The third-order valence-electron chi connectivity index (χ3n) is 4.84. The fraction of sp³-hybridized carbons (Fsp3) is 0.381. The van der Waals surface area contributed by atoms with E-state index in [9.17, 15) is 4.79 Å². The van der Waals surface area contributed by atoms with Crippen LogP contribution in [0.5, 0.6) is 5.75 Å². The monoisotopic (exact) mass is 443 g/mol. The first-order chi connectivity index (χ1) is 13.5. The number of rotatable bonds is 7. The third-order valence-corrected chi connectivity index (χ3v) is 5.65. The number of fused-ring (bicyclic) bond motifs is 1. The van der Waals surface area contributed by atoms with Gasteiger partial charge in [-0.1, -0.05) is 49.3 Å². The van der Waals surface area contributed by atoms with Crippen LogP contribution in [-0.4, -0.2) is 22.7 Å². The number of nitrogens with one attached hydrogen (secondary N) is 1. The van der Waals surface area contributed by atoms with Gasteiger partial charge in [0.1, 0.15) is 11.8 Å². The normalized spacial score (nSPS) is 15.0. The average molecular weight is 444 g/mol. The molecule has 28 heavy (non-hydrogen) atoms. The van der Waals surface area contributed by atoms with Crippen molar-refractivity contribution in [2.75, 3.05) is 6.61 Å². The van der Waals surface area contributed by atoms with Gasteiger partial charge in [0.05, 0.1) is 4.47 Å². The van der Waals surface area contributed by atoms with Crippen LogP contribution in [-0.2, 0) is 4.79 Å². The Labute approximate surface area is 171 Å². The van der Waals surface area contributed by atoms with Crippen molar-refractivity contribution in [2.45, 2.75) is 38.6 Å². The lowest BCUT2D eigenvalue weighted by molar-refractivity contribution is -0.124. The molecule has 0 spiro atoms. The molecular weight excluding hydrogens is 422 g/mol.